The molecule has 0 N–H and O–H groups in total. The number of hydrogen-bond acceptors (Lipinski definition) is 1. The van der Waals surface area contributed by atoms with Crippen LogP contribution in [0, 0.1) is 5.92 Å². The van der Waals surface area contributed by atoms with E-state index < -0.39 is 0 Å². The molecule has 1 aliphatic carbocycles. The Balaban J connectivity index is 0.000000291. The van der Waals surface area contributed by atoms with E-state index in [2.05, 4.69) is 6.92 Å². The Hall–Kier alpha value is -0.0400. The number of ether oxygens (including phenoxy) is 1. The van der Waals surface area contributed by atoms with Gasteiger partial charge >= 0.3 is 0 Å². The number of rotatable bonds is 1. The molecule has 0 radical (unpaired) electrons. The normalized spacial score (nSPS) is 32.0. The predicted molar refractivity (Wildman–Crippen MR) is 40.5 cm³/mol. The van der Waals surface area contributed by atoms with Crippen LogP contribution >= 0.6 is 0 Å². The van der Waals surface area contributed by atoms with Crippen LogP contribution in [0.25, 0.3) is 0 Å². The van der Waals surface area contributed by atoms with Crippen molar-refractivity contribution in [2.75, 3.05) is 7.11 Å². The average Bonchev–Trinajstić information content (AvgIpc) is 1.86. The van der Waals surface area contributed by atoms with Crippen LogP contribution in [-0.2, 0) is 4.74 Å². The van der Waals surface area contributed by atoms with E-state index in [-0.39, 0.29) is 0 Å². The molecule has 0 spiro atoms. The van der Waals surface area contributed by atoms with Crippen molar-refractivity contribution in [2.45, 2.75) is 39.7 Å². The summed E-state index contributed by atoms with van der Waals surface area (Å²) < 4.78 is 5.06. The minimum absolute atomic E-state index is 0.593. The second kappa shape index (κ2) is 4.80. The van der Waals surface area contributed by atoms with Crippen molar-refractivity contribution in [2.24, 2.45) is 5.92 Å². The fourth-order valence-corrected chi connectivity index (χ4v) is 1.02. The van der Waals surface area contributed by atoms with Gasteiger partial charge < -0.3 is 4.74 Å². The van der Waals surface area contributed by atoms with Crippen molar-refractivity contribution in [3.05, 3.63) is 0 Å². The lowest BCUT2D eigenvalue weighted by atomic mass is 9.84. The van der Waals surface area contributed by atoms with Crippen LogP contribution in [0.4, 0.5) is 0 Å². The van der Waals surface area contributed by atoms with Gasteiger partial charge in [-0.25, -0.2) is 0 Å². The van der Waals surface area contributed by atoms with Crippen molar-refractivity contribution >= 4 is 0 Å². The highest BCUT2D eigenvalue weighted by molar-refractivity contribution is 4.75. The zero-order chi connectivity index (χ0) is 7.28. The summed E-state index contributed by atoms with van der Waals surface area (Å²) in [5, 5.41) is 0. The molecule has 9 heavy (non-hydrogen) atoms. The van der Waals surface area contributed by atoms with Gasteiger partial charge in [0, 0.05) is 7.11 Å². The van der Waals surface area contributed by atoms with Crippen LogP contribution in [0.15, 0.2) is 0 Å². The Morgan fingerprint density at radius 1 is 1.22 bits per heavy atom. The van der Waals surface area contributed by atoms with E-state index in [9.17, 15) is 0 Å². The summed E-state index contributed by atoms with van der Waals surface area (Å²) in [6.45, 7) is 6.26. The Morgan fingerprint density at radius 2 is 1.67 bits per heavy atom. The van der Waals surface area contributed by atoms with Crippen LogP contribution in [0.3, 0.4) is 0 Å². The topological polar surface area (TPSA) is 9.23 Å². The highest BCUT2D eigenvalue weighted by Gasteiger charge is 2.24. The van der Waals surface area contributed by atoms with Gasteiger partial charge in [-0.2, -0.15) is 0 Å². The Labute approximate surface area is 58.4 Å². The summed E-state index contributed by atoms with van der Waals surface area (Å²) in [6.07, 6.45) is 3.14. The highest BCUT2D eigenvalue weighted by atomic mass is 16.5. The van der Waals surface area contributed by atoms with Crippen molar-refractivity contribution in [1.82, 2.24) is 0 Å². The second-order valence-electron chi connectivity index (χ2n) is 2.43. The molecule has 0 aromatic carbocycles. The molecule has 56 valence electrons. The summed E-state index contributed by atoms with van der Waals surface area (Å²) in [4.78, 5) is 0. The SMILES string of the molecule is CC.COC1CC(C)C1. The highest BCUT2D eigenvalue weighted by Crippen LogP contribution is 2.28. The standard InChI is InChI=1S/C6H12O.C2H6/c1-5-3-6(4-5)7-2;1-2/h5-6H,3-4H2,1-2H3;1-2H3. The van der Waals surface area contributed by atoms with Gasteiger partial charge in [0.2, 0.25) is 0 Å². The second-order valence-corrected chi connectivity index (χ2v) is 2.43. The molecular weight excluding hydrogens is 112 g/mol. The summed E-state index contributed by atoms with van der Waals surface area (Å²) in [7, 11) is 1.79. The summed E-state index contributed by atoms with van der Waals surface area (Å²) in [5.74, 6) is 0.921. The lowest BCUT2D eigenvalue weighted by Crippen LogP contribution is -2.27. The van der Waals surface area contributed by atoms with Crippen molar-refractivity contribution < 1.29 is 4.74 Å². The van der Waals surface area contributed by atoms with Gasteiger partial charge in [-0.3, -0.25) is 0 Å². The van der Waals surface area contributed by atoms with Crippen LogP contribution in [0.2, 0.25) is 0 Å². The first-order valence-corrected chi connectivity index (χ1v) is 3.85. The third-order valence-electron chi connectivity index (χ3n) is 1.66. The molecule has 1 rings (SSSR count). The van der Waals surface area contributed by atoms with E-state index in [1.807, 2.05) is 13.8 Å². The third kappa shape index (κ3) is 2.85. The molecule has 0 atom stereocenters. The van der Waals surface area contributed by atoms with Gasteiger partial charge in [-0.15, -0.1) is 0 Å². The van der Waals surface area contributed by atoms with Crippen molar-refractivity contribution in [3.8, 4) is 0 Å². The zero-order valence-corrected chi connectivity index (χ0v) is 6.98. The fourth-order valence-electron chi connectivity index (χ4n) is 1.02. The van der Waals surface area contributed by atoms with Crippen LogP contribution in [-0.4, -0.2) is 13.2 Å². The molecule has 0 aliphatic heterocycles. The summed E-state index contributed by atoms with van der Waals surface area (Å²) >= 11 is 0. The maximum atomic E-state index is 5.06. The van der Waals surface area contributed by atoms with Gasteiger partial charge in [0.05, 0.1) is 6.10 Å². The first-order valence-electron chi connectivity index (χ1n) is 3.85. The lowest BCUT2D eigenvalue weighted by molar-refractivity contribution is 0.00751. The molecular formula is C8H18O. The van der Waals surface area contributed by atoms with E-state index in [1.165, 1.54) is 12.8 Å². The van der Waals surface area contributed by atoms with Gasteiger partial charge in [-0.05, 0) is 18.8 Å². The first kappa shape index (κ1) is 8.96. The Bertz CT molecular complexity index is 55.6. The van der Waals surface area contributed by atoms with Gasteiger partial charge in [0.1, 0.15) is 0 Å². The molecule has 1 heteroatoms. The number of hydrogen-bond donors (Lipinski definition) is 0. The summed E-state index contributed by atoms with van der Waals surface area (Å²) in [6, 6.07) is 0. The molecule has 1 saturated carbocycles. The molecule has 0 unspecified atom stereocenters. The predicted octanol–water partition coefficient (Wildman–Crippen LogP) is 2.46. The monoisotopic (exact) mass is 130 g/mol. The van der Waals surface area contributed by atoms with Gasteiger partial charge in [0.15, 0.2) is 0 Å². The van der Waals surface area contributed by atoms with Gasteiger partial charge in [0.25, 0.3) is 0 Å². The molecule has 0 aromatic rings. The fraction of sp³-hybridized carbons (Fsp3) is 1.00. The number of methoxy groups -OCH3 is 1. The molecule has 0 heterocycles. The minimum Gasteiger partial charge on any atom is -0.381 e. The average molecular weight is 130 g/mol. The lowest BCUT2D eigenvalue weighted by Gasteiger charge is -2.30. The molecule has 1 aliphatic rings. The van der Waals surface area contributed by atoms with Crippen molar-refractivity contribution in [1.29, 1.82) is 0 Å². The van der Waals surface area contributed by atoms with E-state index in [1.54, 1.807) is 7.11 Å². The molecule has 1 nitrogen and oxygen atoms in total. The van der Waals surface area contributed by atoms with Gasteiger partial charge in [-0.1, -0.05) is 20.8 Å². The van der Waals surface area contributed by atoms with E-state index >= 15 is 0 Å². The van der Waals surface area contributed by atoms with E-state index in [0.29, 0.717) is 6.10 Å². The van der Waals surface area contributed by atoms with Crippen LogP contribution in [0.5, 0.6) is 0 Å². The molecule has 1 fully saturated rings. The Morgan fingerprint density at radius 3 is 1.78 bits per heavy atom. The van der Waals surface area contributed by atoms with E-state index in [4.69, 9.17) is 4.74 Å². The minimum atomic E-state index is 0.593. The smallest absolute Gasteiger partial charge is 0.0576 e. The van der Waals surface area contributed by atoms with E-state index in [0.717, 1.165) is 5.92 Å². The third-order valence-corrected chi connectivity index (χ3v) is 1.66. The van der Waals surface area contributed by atoms with Crippen LogP contribution in [0.1, 0.15) is 33.6 Å². The largest absolute Gasteiger partial charge is 0.381 e. The molecule has 0 amide bonds. The molecule has 0 bridgehead atoms. The molecule has 0 aromatic heterocycles. The first-order chi connectivity index (χ1) is 4.33. The van der Waals surface area contributed by atoms with Crippen molar-refractivity contribution in [3.63, 3.8) is 0 Å². The quantitative estimate of drug-likeness (QED) is 0.530. The molecule has 0 saturated heterocycles. The maximum Gasteiger partial charge on any atom is 0.0576 e. The Kier molecular flexibility index (Phi) is 4.78. The maximum absolute atomic E-state index is 5.06. The zero-order valence-electron chi connectivity index (χ0n) is 6.98. The summed E-state index contributed by atoms with van der Waals surface area (Å²) in [5.41, 5.74) is 0. The van der Waals surface area contributed by atoms with Crippen LogP contribution < -0.4 is 0 Å².